The summed E-state index contributed by atoms with van der Waals surface area (Å²) in [7, 11) is 0. The molecule has 1 heterocycles. The first kappa shape index (κ1) is 12.5. The Bertz CT molecular complexity index is 480. The Morgan fingerprint density at radius 3 is 2.39 bits per heavy atom. The molecule has 0 bridgehead atoms. The highest BCUT2D eigenvalue weighted by Crippen LogP contribution is 2.31. The highest BCUT2D eigenvalue weighted by molar-refractivity contribution is 5.79. The second-order valence-electron chi connectivity index (χ2n) is 5.22. The number of carbonyl (C=O) groups is 1. The fourth-order valence-corrected chi connectivity index (χ4v) is 2.23. The molecular weight excluding hydrogens is 232 g/mol. The number of hydrogen-bond acceptors (Lipinski definition) is 3. The first-order valence-corrected chi connectivity index (χ1v) is 5.94. The number of nitro benzene ring substituents is 1. The minimum atomic E-state index is -0.422. The summed E-state index contributed by atoms with van der Waals surface area (Å²) in [4.78, 5) is 23.8. The third-order valence-electron chi connectivity index (χ3n) is 3.47. The Morgan fingerprint density at radius 2 is 1.94 bits per heavy atom. The summed E-state index contributed by atoms with van der Waals surface area (Å²) in [6.07, 6.45) is 1.44. The Labute approximate surface area is 106 Å². The predicted octanol–water partition coefficient (Wildman–Crippen LogP) is 2.50. The second kappa shape index (κ2) is 4.40. The molecule has 1 aromatic rings. The molecule has 1 aliphatic heterocycles. The summed E-state index contributed by atoms with van der Waals surface area (Å²) in [6, 6.07) is 6.37. The van der Waals surface area contributed by atoms with E-state index in [1.807, 2.05) is 18.7 Å². The summed E-state index contributed by atoms with van der Waals surface area (Å²) in [5.74, 6) is 0.151. The van der Waals surface area contributed by atoms with Crippen LogP contribution in [0.1, 0.15) is 32.3 Å². The van der Waals surface area contributed by atoms with Crippen molar-refractivity contribution in [1.29, 1.82) is 0 Å². The molecule has 2 rings (SSSR count). The van der Waals surface area contributed by atoms with Crippen LogP contribution >= 0.6 is 0 Å². The van der Waals surface area contributed by atoms with Gasteiger partial charge in [-0.2, -0.15) is 0 Å². The van der Waals surface area contributed by atoms with Gasteiger partial charge in [0.2, 0.25) is 5.91 Å². The quantitative estimate of drug-likeness (QED) is 0.609. The van der Waals surface area contributed by atoms with Crippen molar-refractivity contribution in [3.05, 3.63) is 39.9 Å². The zero-order valence-electron chi connectivity index (χ0n) is 10.5. The van der Waals surface area contributed by atoms with Gasteiger partial charge in [-0.05, 0) is 25.8 Å². The maximum absolute atomic E-state index is 11.8. The van der Waals surface area contributed by atoms with Crippen molar-refractivity contribution < 1.29 is 9.72 Å². The van der Waals surface area contributed by atoms with E-state index in [1.165, 1.54) is 12.1 Å². The van der Waals surface area contributed by atoms with Gasteiger partial charge in [0, 0.05) is 30.6 Å². The van der Waals surface area contributed by atoms with Gasteiger partial charge in [0.05, 0.1) is 4.92 Å². The van der Waals surface area contributed by atoms with Gasteiger partial charge in [0.25, 0.3) is 5.69 Å². The molecule has 0 saturated carbocycles. The average molecular weight is 248 g/mol. The lowest BCUT2D eigenvalue weighted by atomic mass is 10.0. The summed E-state index contributed by atoms with van der Waals surface area (Å²) in [5, 5.41) is 10.6. The molecule has 0 atom stereocenters. The van der Waals surface area contributed by atoms with E-state index in [0.717, 1.165) is 12.0 Å². The van der Waals surface area contributed by atoms with Crippen molar-refractivity contribution in [2.75, 3.05) is 0 Å². The average Bonchev–Trinajstić information content (AvgIpc) is 2.57. The molecule has 0 aromatic heterocycles. The highest BCUT2D eigenvalue weighted by Gasteiger charge is 2.37. The molecule has 1 amide bonds. The van der Waals surface area contributed by atoms with Gasteiger partial charge in [-0.25, -0.2) is 0 Å². The highest BCUT2D eigenvalue weighted by atomic mass is 16.6. The van der Waals surface area contributed by atoms with Crippen molar-refractivity contribution in [2.24, 2.45) is 0 Å². The molecule has 1 aliphatic rings. The smallest absolute Gasteiger partial charge is 0.269 e. The molecule has 18 heavy (non-hydrogen) atoms. The Hall–Kier alpha value is -1.91. The summed E-state index contributed by atoms with van der Waals surface area (Å²) in [6.45, 7) is 4.61. The first-order chi connectivity index (χ1) is 8.40. The van der Waals surface area contributed by atoms with E-state index in [0.29, 0.717) is 13.0 Å². The molecule has 0 unspecified atom stereocenters. The van der Waals surface area contributed by atoms with Crippen LogP contribution in [0, 0.1) is 10.1 Å². The van der Waals surface area contributed by atoms with E-state index >= 15 is 0 Å². The minimum absolute atomic E-state index is 0.0748. The van der Waals surface area contributed by atoms with E-state index in [2.05, 4.69) is 0 Å². The molecular formula is C13H16N2O3. The van der Waals surface area contributed by atoms with Gasteiger partial charge in [0.15, 0.2) is 0 Å². The Balaban J connectivity index is 2.14. The van der Waals surface area contributed by atoms with Crippen LogP contribution in [0.5, 0.6) is 0 Å². The molecule has 96 valence electrons. The third-order valence-corrected chi connectivity index (χ3v) is 3.47. The lowest BCUT2D eigenvalue weighted by Gasteiger charge is -2.31. The van der Waals surface area contributed by atoms with Crippen LogP contribution in [0.4, 0.5) is 5.69 Å². The summed E-state index contributed by atoms with van der Waals surface area (Å²) < 4.78 is 0. The SMILES string of the molecule is CC1(C)CCC(=O)N1Cc1ccc([N+](=O)[O-])cc1. The molecule has 5 nitrogen and oxygen atoms in total. The van der Waals surface area contributed by atoms with Gasteiger partial charge < -0.3 is 4.90 Å². The van der Waals surface area contributed by atoms with Crippen LogP contribution in [0.2, 0.25) is 0 Å². The standard InChI is InChI=1S/C13H16N2O3/c1-13(2)8-7-12(16)14(13)9-10-3-5-11(6-4-10)15(17)18/h3-6H,7-9H2,1-2H3. The van der Waals surface area contributed by atoms with Crippen molar-refractivity contribution in [1.82, 2.24) is 4.90 Å². The number of rotatable bonds is 3. The van der Waals surface area contributed by atoms with E-state index in [4.69, 9.17) is 0 Å². The molecule has 1 fully saturated rings. The Kier molecular flexibility index (Phi) is 3.07. The number of hydrogen-bond donors (Lipinski definition) is 0. The number of likely N-dealkylation sites (tertiary alicyclic amines) is 1. The van der Waals surface area contributed by atoms with E-state index in [9.17, 15) is 14.9 Å². The van der Waals surface area contributed by atoms with Crippen molar-refractivity contribution in [3.63, 3.8) is 0 Å². The molecule has 0 aliphatic carbocycles. The summed E-state index contributed by atoms with van der Waals surface area (Å²) in [5.41, 5.74) is 0.869. The van der Waals surface area contributed by atoms with Gasteiger partial charge >= 0.3 is 0 Å². The van der Waals surface area contributed by atoms with Crippen molar-refractivity contribution in [3.8, 4) is 0 Å². The monoisotopic (exact) mass is 248 g/mol. The predicted molar refractivity (Wildman–Crippen MR) is 67.0 cm³/mol. The van der Waals surface area contributed by atoms with Crippen LogP contribution in [-0.4, -0.2) is 21.3 Å². The zero-order valence-corrected chi connectivity index (χ0v) is 10.5. The molecule has 0 spiro atoms. The van der Waals surface area contributed by atoms with Crippen LogP contribution in [0.25, 0.3) is 0 Å². The fourth-order valence-electron chi connectivity index (χ4n) is 2.23. The van der Waals surface area contributed by atoms with Crippen LogP contribution < -0.4 is 0 Å². The van der Waals surface area contributed by atoms with Crippen LogP contribution in [-0.2, 0) is 11.3 Å². The molecule has 0 radical (unpaired) electrons. The maximum Gasteiger partial charge on any atom is 0.269 e. The number of nitro groups is 1. The maximum atomic E-state index is 11.8. The van der Waals surface area contributed by atoms with Crippen LogP contribution in [0.3, 0.4) is 0 Å². The lowest BCUT2D eigenvalue weighted by molar-refractivity contribution is -0.384. The van der Waals surface area contributed by atoms with E-state index in [1.54, 1.807) is 12.1 Å². The van der Waals surface area contributed by atoms with E-state index in [-0.39, 0.29) is 17.1 Å². The number of nitrogens with zero attached hydrogens (tertiary/aromatic N) is 2. The largest absolute Gasteiger partial charge is 0.333 e. The minimum Gasteiger partial charge on any atom is -0.333 e. The first-order valence-electron chi connectivity index (χ1n) is 5.94. The lowest BCUT2D eigenvalue weighted by Crippen LogP contribution is -2.40. The molecule has 5 heteroatoms. The van der Waals surface area contributed by atoms with Gasteiger partial charge in [-0.1, -0.05) is 12.1 Å². The summed E-state index contributed by atoms with van der Waals surface area (Å²) >= 11 is 0. The topological polar surface area (TPSA) is 63.5 Å². The number of amides is 1. The number of carbonyl (C=O) groups excluding carboxylic acids is 1. The Morgan fingerprint density at radius 1 is 1.33 bits per heavy atom. The van der Waals surface area contributed by atoms with Gasteiger partial charge in [-0.3, -0.25) is 14.9 Å². The fraction of sp³-hybridized carbons (Fsp3) is 0.462. The number of benzene rings is 1. The zero-order chi connectivity index (χ0) is 13.3. The van der Waals surface area contributed by atoms with Crippen LogP contribution in [0.15, 0.2) is 24.3 Å². The third kappa shape index (κ3) is 2.34. The van der Waals surface area contributed by atoms with Gasteiger partial charge in [0.1, 0.15) is 0 Å². The van der Waals surface area contributed by atoms with Crippen molar-refractivity contribution >= 4 is 11.6 Å². The normalized spacial score (nSPS) is 18.1. The molecule has 0 N–H and O–H groups in total. The molecule has 1 saturated heterocycles. The number of non-ortho nitro benzene ring substituents is 1. The van der Waals surface area contributed by atoms with E-state index < -0.39 is 4.92 Å². The second-order valence-corrected chi connectivity index (χ2v) is 5.22. The van der Waals surface area contributed by atoms with Crippen molar-refractivity contribution in [2.45, 2.75) is 38.8 Å². The van der Waals surface area contributed by atoms with Gasteiger partial charge in [-0.15, -0.1) is 0 Å². The molecule has 1 aromatic carbocycles.